The molecule has 1 aliphatic rings. The summed E-state index contributed by atoms with van der Waals surface area (Å²) in [6.45, 7) is 3.49. The van der Waals surface area contributed by atoms with E-state index in [9.17, 15) is 9.90 Å². The summed E-state index contributed by atoms with van der Waals surface area (Å²) in [4.78, 5) is 13.5. The summed E-state index contributed by atoms with van der Waals surface area (Å²) in [6.07, 6.45) is 1.49. The molecule has 0 fully saturated rings. The quantitative estimate of drug-likeness (QED) is 0.829. The zero-order valence-electron chi connectivity index (χ0n) is 10.5. The second kappa shape index (κ2) is 5.59. The Labute approximate surface area is 107 Å². The molecular weight excluding hydrogens is 226 g/mol. The minimum absolute atomic E-state index is 0.366. The molecule has 0 amide bonds. The van der Waals surface area contributed by atoms with E-state index in [2.05, 4.69) is 16.7 Å². The number of anilines is 1. The van der Waals surface area contributed by atoms with Crippen molar-refractivity contribution in [1.29, 1.82) is 0 Å². The summed E-state index contributed by atoms with van der Waals surface area (Å²) in [5.74, 6) is 4.85. The van der Waals surface area contributed by atoms with Crippen molar-refractivity contribution in [2.45, 2.75) is 25.7 Å². The molecule has 1 aromatic rings. The van der Waals surface area contributed by atoms with E-state index in [0.29, 0.717) is 6.42 Å². The molecule has 94 valence electrons. The van der Waals surface area contributed by atoms with Crippen LogP contribution in [0.5, 0.6) is 0 Å². The van der Waals surface area contributed by atoms with Gasteiger partial charge in [0, 0.05) is 25.2 Å². The molecule has 0 radical (unpaired) electrons. The number of para-hydroxylation sites is 1. The number of carboxylic acids is 1. The zero-order chi connectivity index (χ0) is 13.0. The molecule has 1 unspecified atom stereocenters. The van der Waals surface area contributed by atoms with E-state index >= 15 is 0 Å². The number of carbonyl (C=O) groups is 1. The molecule has 1 N–H and O–H groups in total. The van der Waals surface area contributed by atoms with Crippen molar-refractivity contribution in [2.75, 3.05) is 18.0 Å². The Balaban J connectivity index is 2.23. The maximum absolute atomic E-state index is 11.2. The van der Waals surface area contributed by atoms with Crippen LogP contribution in [-0.4, -0.2) is 24.2 Å². The van der Waals surface area contributed by atoms with Gasteiger partial charge in [-0.3, -0.25) is 4.79 Å². The van der Waals surface area contributed by atoms with E-state index < -0.39 is 5.97 Å². The summed E-state index contributed by atoms with van der Waals surface area (Å²) in [7, 11) is 0. The lowest BCUT2D eigenvalue weighted by atomic mass is 9.90. The third-order valence-corrected chi connectivity index (χ3v) is 3.32. The van der Waals surface area contributed by atoms with Crippen LogP contribution in [0.15, 0.2) is 24.3 Å². The first kappa shape index (κ1) is 12.5. The first-order valence-corrected chi connectivity index (χ1v) is 6.20. The number of benzene rings is 1. The number of fused-ring (bicyclic) bond motifs is 1. The molecule has 0 saturated heterocycles. The van der Waals surface area contributed by atoms with Crippen molar-refractivity contribution in [1.82, 2.24) is 0 Å². The van der Waals surface area contributed by atoms with Crippen LogP contribution < -0.4 is 4.90 Å². The smallest absolute Gasteiger partial charge is 0.311 e. The number of rotatable bonds is 3. The Morgan fingerprint density at radius 3 is 3.00 bits per heavy atom. The molecule has 1 atom stereocenters. The number of aliphatic carboxylic acids is 1. The zero-order valence-corrected chi connectivity index (χ0v) is 10.5. The summed E-state index contributed by atoms with van der Waals surface area (Å²) in [5, 5.41) is 9.24. The Bertz CT molecular complexity index is 499. The van der Waals surface area contributed by atoms with Crippen LogP contribution in [-0.2, 0) is 4.79 Å². The monoisotopic (exact) mass is 243 g/mol. The summed E-state index contributed by atoms with van der Waals surface area (Å²) >= 11 is 0. The third-order valence-electron chi connectivity index (χ3n) is 3.32. The number of hydrogen-bond donors (Lipinski definition) is 1. The normalized spacial score (nSPS) is 17.6. The lowest BCUT2D eigenvalue weighted by Gasteiger charge is -2.33. The van der Waals surface area contributed by atoms with Gasteiger partial charge in [-0.2, -0.15) is 0 Å². The fourth-order valence-corrected chi connectivity index (χ4v) is 2.44. The van der Waals surface area contributed by atoms with Gasteiger partial charge in [-0.15, -0.1) is 11.8 Å². The van der Waals surface area contributed by atoms with Gasteiger partial charge < -0.3 is 10.0 Å². The fourth-order valence-electron chi connectivity index (χ4n) is 2.44. The van der Waals surface area contributed by atoms with Crippen molar-refractivity contribution in [3.05, 3.63) is 29.8 Å². The minimum atomic E-state index is -0.726. The van der Waals surface area contributed by atoms with Gasteiger partial charge in [0.1, 0.15) is 0 Å². The van der Waals surface area contributed by atoms with Crippen LogP contribution in [0.1, 0.15) is 31.2 Å². The molecule has 1 aliphatic heterocycles. The highest BCUT2D eigenvalue weighted by molar-refractivity contribution is 5.80. The molecule has 1 heterocycles. The average Bonchev–Trinajstić information content (AvgIpc) is 2.38. The number of carboxylic acid groups (broad SMARTS) is 1. The minimum Gasteiger partial charge on any atom is -0.481 e. The van der Waals surface area contributed by atoms with E-state index in [-0.39, 0.29) is 5.92 Å². The van der Waals surface area contributed by atoms with Crippen molar-refractivity contribution >= 4 is 11.7 Å². The van der Waals surface area contributed by atoms with Gasteiger partial charge in [-0.25, -0.2) is 0 Å². The van der Waals surface area contributed by atoms with Crippen LogP contribution in [0.2, 0.25) is 0 Å². The molecule has 0 aromatic heterocycles. The van der Waals surface area contributed by atoms with E-state index in [0.717, 1.165) is 30.8 Å². The third kappa shape index (κ3) is 2.48. The second-order valence-electron chi connectivity index (χ2n) is 4.40. The molecule has 2 rings (SSSR count). The molecule has 0 aliphatic carbocycles. The van der Waals surface area contributed by atoms with Gasteiger partial charge in [-0.1, -0.05) is 18.2 Å². The molecular formula is C15H17NO2. The summed E-state index contributed by atoms with van der Waals surface area (Å²) in [5.41, 5.74) is 1.98. The van der Waals surface area contributed by atoms with Gasteiger partial charge in [0.05, 0.1) is 5.92 Å². The summed E-state index contributed by atoms with van der Waals surface area (Å²) < 4.78 is 0. The van der Waals surface area contributed by atoms with Gasteiger partial charge in [0.15, 0.2) is 0 Å². The fraction of sp³-hybridized carbons (Fsp3) is 0.400. The largest absolute Gasteiger partial charge is 0.481 e. The van der Waals surface area contributed by atoms with Gasteiger partial charge in [-0.05, 0) is 25.0 Å². The van der Waals surface area contributed by atoms with Crippen LogP contribution in [0.25, 0.3) is 0 Å². The Kier molecular flexibility index (Phi) is 3.88. The Hall–Kier alpha value is -1.95. The second-order valence-corrected chi connectivity index (χ2v) is 4.40. The molecule has 18 heavy (non-hydrogen) atoms. The highest BCUT2D eigenvalue weighted by atomic mass is 16.4. The SMILES string of the molecule is CC#CCCN1CCC(C(=O)O)c2ccccc21. The highest BCUT2D eigenvalue weighted by Gasteiger charge is 2.29. The standard InChI is InChI=1S/C15H17NO2/c1-2-3-6-10-16-11-9-13(15(17)18)12-7-4-5-8-14(12)16/h4-5,7-8,13H,6,9-11H2,1H3,(H,17,18). The Morgan fingerprint density at radius 1 is 1.50 bits per heavy atom. The van der Waals surface area contributed by atoms with Gasteiger partial charge in [0.25, 0.3) is 0 Å². The maximum Gasteiger partial charge on any atom is 0.311 e. The first-order chi connectivity index (χ1) is 8.74. The lowest BCUT2D eigenvalue weighted by molar-refractivity contribution is -0.139. The molecule has 1 aromatic carbocycles. The van der Waals surface area contributed by atoms with Crippen molar-refractivity contribution in [2.24, 2.45) is 0 Å². The molecule has 0 spiro atoms. The van der Waals surface area contributed by atoms with Crippen LogP contribution >= 0.6 is 0 Å². The number of hydrogen-bond acceptors (Lipinski definition) is 2. The van der Waals surface area contributed by atoms with Crippen molar-refractivity contribution in [3.63, 3.8) is 0 Å². The molecule has 0 saturated carbocycles. The van der Waals surface area contributed by atoms with E-state index in [1.54, 1.807) is 0 Å². The van der Waals surface area contributed by atoms with Crippen LogP contribution in [0.3, 0.4) is 0 Å². The molecule has 0 bridgehead atoms. The number of nitrogens with zero attached hydrogens (tertiary/aromatic N) is 1. The summed E-state index contributed by atoms with van der Waals surface area (Å²) in [6, 6.07) is 7.79. The maximum atomic E-state index is 11.2. The van der Waals surface area contributed by atoms with Crippen LogP contribution in [0, 0.1) is 11.8 Å². The topological polar surface area (TPSA) is 40.5 Å². The first-order valence-electron chi connectivity index (χ1n) is 6.20. The van der Waals surface area contributed by atoms with E-state index in [1.165, 1.54) is 0 Å². The van der Waals surface area contributed by atoms with Crippen molar-refractivity contribution in [3.8, 4) is 11.8 Å². The average molecular weight is 243 g/mol. The lowest BCUT2D eigenvalue weighted by Crippen LogP contribution is -2.34. The van der Waals surface area contributed by atoms with Crippen LogP contribution in [0.4, 0.5) is 5.69 Å². The van der Waals surface area contributed by atoms with Crippen molar-refractivity contribution < 1.29 is 9.90 Å². The predicted molar refractivity (Wildman–Crippen MR) is 71.7 cm³/mol. The highest BCUT2D eigenvalue weighted by Crippen LogP contribution is 2.35. The van der Waals surface area contributed by atoms with Gasteiger partial charge in [0.2, 0.25) is 0 Å². The van der Waals surface area contributed by atoms with Gasteiger partial charge >= 0.3 is 5.97 Å². The van der Waals surface area contributed by atoms with E-state index in [4.69, 9.17) is 0 Å². The molecule has 3 heteroatoms. The molecule has 3 nitrogen and oxygen atoms in total. The van der Waals surface area contributed by atoms with E-state index in [1.807, 2.05) is 31.2 Å². The predicted octanol–water partition coefficient (Wildman–Crippen LogP) is 2.48. The Morgan fingerprint density at radius 2 is 2.28 bits per heavy atom.